The van der Waals surface area contributed by atoms with Crippen LogP contribution in [0.2, 0.25) is 0 Å². The number of hydrogen-bond donors (Lipinski definition) is 1. The molecule has 0 amide bonds. The maximum atomic E-state index is 4.62. The molecule has 0 radical (unpaired) electrons. The fourth-order valence-corrected chi connectivity index (χ4v) is 2.67. The van der Waals surface area contributed by atoms with E-state index in [0.29, 0.717) is 12.4 Å². The molecule has 7 heteroatoms. The molecule has 0 fully saturated rings. The Morgan fingerprint density at radius 1 is 0.963 bits per heavy atom. The number of anilines is 1. The van der Waals surface area contributed by atoms with Crippen LogP contribution in [-0.4, -0.2) is 29.7 Å². The van der Waals surface area contributed by atoms with Crippen molar-refractivity contribution in [1.82, 2.24) is 29.7 Å². The highest BCUT2D eigenvalue weighted by atomic mass is 15.3. The van der Waals surface area contributed by atoms with Gasteiger partial charge in [-0.25, -0.2) is 19.6 Å². The third kappa shape index (κ3) is 3.98. The van der Waals surface area contributed by atoms with Gasteiger partial charge in [-0.1, -0.05) is 13.0 Å². The van der Waals surface area contributed by atoms with Crippen molar-refractivity contribution >= 4 is 5.82 Å². The molecule has 4 rings (SSSR count). The summed E-state index contributed by atoms with van der Waals surface area (Å²) in [6.45, 7) is 2.70. The van der Waals surface area contributed by atoms with E-state index < -0.39 is 0 Å². The van der Waals surface area contributed by atoms with Gasteiger partial charge in [0, 0.05) is 43.1 Å². The van der Waals surface area contributed by atoms with E-state index in [0.717, 1.165) is 35.0 Å². The predicted octanol–water partition coefficient (Wildman–Crippen LogP) is 3.29. The predicted molar refractivity (Wildman–Crippen MR) is 103 cm³/mol. The van der Waals surface area contributed by atoms with E-state index in [9.17, 15) is 0 Å². The van der Waals surface area contributed by atoms with Crippen molar-refractivity contribution in [2.45, 2.75) is 19.9 Å². The maximum absolute atomic E-state index is 4.62. The Kier molecular flexibility index (Phi) is 4.82. The van der Waals surface area contributed by atoms with Crippen LogP contribution < -0.4 is 5.32 Å². The van der Waals surface area contributed by atoms with Gasteiger partial charge in [-0.05, 0) is 42.3 Å². The molecule has 27 heavy (non-hydrogen) atoms. The highest BCUT2D eigenvalue weighted by Gasteiger charge is 2.07. The molecule has 1 N–H and O–H groups in total. The first-order valence-corrected chi connectivity index (χ1v) is 8.80. The quantitative estimate of drug-likeness (QED) is 0.570. The highest BCUT2D eigenvalue weighted by molar-refractivity contribution is 5.53. The molecular weight excluding hydrogens is 338 g/mol. The lowest BCUT2D eigenvalue weighted by atomic mass is 10.2. The topological polar surface area (TPSA) is 81.4 Å². The Morgan fingerprint density at radius 2 is 1.93 bits per heavy atom. The van der Waals surface area contributed by atoms with Gasteiger partial charge in [0.05, 0.1) is 0 Å². The van der Waals surface area contributed by atoms with Crippen LogP contribution in [0.4, 0.5) is 5.82 Å². The molecule has 0 aliphatic carbocycles. The highest BCUT2D eigenvalue weighted by Crippen LogP contribution is 2.17. The number of aromatic nitrogens is 6. The Balaban J connectivity index is 1.55. The molecule has 4 heterocycles. The van der Waals surface area contributed by atoms with Crippen molar-refractivity contribution in [3.05, 3.63) is 78.5 Å². The molecule has 0 bridgehead atoms. The summed E-state index contributed by atoms with van der Waals surface area (Å²) in [4.78, 5) is 17.9. The summed E-state index contributed by atoms with van der Waals surface area (Å²) in [5.41, 5.74) is 2.83. The second-order valence-electron chi connectivity index (χ2n) is 5.96. The second kappa shape index (κ2) is 7.74. The van der Waals surface area contributed by atoms with Crippen molar-refractivity contribution in [2.75, 3.05) is 5.32 Å². The third-order valence-electron chi connectivity index (χ3n) is 4.06. The number of pyridine rings is 2. The number of nitrogens with one attached hydrogen (secondary N) is 1. The molecule has 0 unspecified atom stereocenters. The summed E-state index contributed by atoms with van der Waals surface area (Å²) >= 11 is 0. The van der Waals surface area contributed by atoms with E-state index >= 15 is 0 Å². The smallest absolute Gasteiger partial charge is 0.180 e. The van der Waals surface area contributed by atoms with E-state index in [1.54, 1.807) is 23.3 Å². The van der Waals surface area contributed by atoms with Crippen LogP contribution in [0.5, 0.6) is 0 Å². The standard InChI is InChI=1S/C20H19N7/c1-2-16-13-18(26-20(25-16)17-6-3-4-8-21-17)23-14-15-7-10-22-19(12-15)27-11-5-9-24-27/h3-13H,2,14H2,1H3,(H,23,25,26). The Hall–Kier alpha value is -3.61. The van der Waals surface area contributed by atoms with Crippen LogP contribution in [0.25, 0.3) is 17.3 Å². The maximum Gasteiger partial charge on any atom is 0.180 e. The molecule has 0 aliphatic rings. The Bertz CT molecular complexity index is 1010. The van der Waals surface area contributed by atoms with Gasteiger partial charge in [0.25, 0.3) is 0 Å². The molecule has 4 aromatic heterocycles. The van der Waals surface area contributed by atoms with Crippen LogP contribution in [-0.2, 0) is 13.0 Å². The monoisotopic (exact) mass is 357 g/mol. The van der Waals surface area contributed by atoms with Crippen LogP contribution >= 0.6 is 0 Å². The van der Waals surface area contributed by atoms with Gasteiger partial charge < -0.3 is 5.32 Å². The van der Waals surface area contributed by atoms with Crippen molar-refractivity contribution < 1.29 is 0 Å². The summed E-state index contributed by atoms with van der Waals surface area (Å²) in [6.07, 6.45) is 7.97. The van der Waals surface area contributed by atoms with Crippen molar-refractivity contribution in [3.8, 4) is 17.3 Å². The van der Waals surface area contributed by atoms with E-state index in [4.69, 9.17) is 0 Å². The average molecular weight is 357 g/mol. The summed E-state index contributed by atoms with van der Waals surface area (Å²) < 4.78 is 1.74. The zero-order valence-corrected chi connectivity index (χ0v) is 14.9. The molecule has 4 aromatic rings. The molecule has 0 saturated heterocycles. The molecule has 0 atom stereocenters. The van der Waals surface area contributed by atoms with E-state index in [-0.39, 0.29) is 0 Å². The van der Waals surface area contributed by atoms with E-state index in [2.05, 4.69) is 37.3 Å². The summed E-state index contributed by atoms with van der Waals surface area (Å²) in [5, 5.41) is 7.60. The molecule has 0 aromatic carbocycles. The fourth-order valence-electron chi connectivity index (χ4n) is 2.67. The number of nitrogens with zero attached hydrogens (tertiary/aromatic N) is 6. The van der Waals surface area contributed by atoms with Crippen LogP contribution in [0.15, 0.2) is 67.3 Å². The minimum atomic E-state index is 0.624. The Labute approximate surface area is 157 Å². The van der Waals surface area contributed by atoms with Crippen molar-refractivity contribution in [3.63, 3.8) is 0 Å². The van der Waals surface area contributed by atoms with Crippen molar-refractivity contribution in [2.24, 2.45) is 0 Å². The van der Waals surface area contributed by atoms with E-state index in [1.165, 1.54) is 0 Å². The van der Waals surface area contributed by atoms with Gasteiger partial charge in [0.15, 0.2) is 11.6 Å². The van der Waals surface area contributed by atoms with Gasteiger partial charge in [0.2, 0.25) is 0 Å². The van der Waals surface area contributed by atoms with Gasteiger partial charge in [0.1, 0.15) is 11.5 Å². The van der Waals surface area contributed by atoms with Gasteiger partial charge in [-0.15, -0.1) is 0 Å². The summed E-state index contributed by atoms with van der Waals surface area (Å²) in [5.74, 6) is 2.19. The molecule has 0 aliphatic heterocycles. The van der Waals surface area contributed by atoms with E-state index in [1.807, 2.05) is 48.7 Å². The largest absolute Gasteiger partial charge is 0.366 e. The minimum absolute atomic E-state index is 0.624. The third-order valence-corrected chi connectivity index (χ3v) is 4.06. The minimum Gasteiger partial charge on any atom is -0.366 e. The molecule has 0 spiro atoms. The first-order chi connectivity index (χ1) is 13.3. The average Bonchev–Trinajstić information content (AvgIpc) is 3.28. The molecule has 134 valence electrons. The Morgan fingerprint density at radius 3 is 2.70 bits per heavy atom. The lowest BCUT2D eigenvalue weighted by molar-refractivity contribution is 0.842. The lowest BCUT2D eigenvalue weighted by Crippen LogP contribution is -2.06. The number of hydrogen-bond acceptors (Lipinski definition) is 6. The van der Waals surface area contributed by atoms with Gasteiger partial charge in [-0.3, -0.25) is 4.98 Å². The molecule has 7 nitrogen and oxygen atoms in total. The normalized spacial score (nSPS) is 10.7. The van der Waals surface area contributed by atoms with Gasteiger partial charge >= 0.3 is 0 Å². The first kappa shape index (κ1) is 16.8. The fraction of sp³-hybridized carbons (Fsp3) is 0.150. The number of rotatable bonds is 6. The van der Waals surface area contributed by atoms with Gasteiger partial charge in [-0.2, -0.15) is 5.10 Å². The van der Waals surface area contributed by atoms with Crippen LogP contribution in [0, 0.1) is 0 Å². The molecule has 0 saturated carbocycles. The lowest BCUT2D eigenvalue weighted by Gasteiger charge is -2.10. The zero-order chi connectivity index (χ0) is 18.5. The number of aryl methyl sites for hydroxylation is 1. The second-order valence-corrected chi connectivity index (χ2v) is 5.96. The molecular formula is C20H19N7. The van der Waals surface area contributed by atoms with Crippen LogP contribution in [0.1, 0.15) is 18.2 Å². The summed E-state index contributed by atoms with van der Waals surface area (Å²) in [7, 11) is 0. The first-order valence-electron chi connectivity index (χ1n) is 8.80. The summed E-state index contributed by atoms with van der Waals surface area (Å²) in [6, 6.07) is 13.6. The SMILES string of the molecule is CCc1cc(NCc2ccnc(-n3cccn3)c2)nc(-c2ccccn2)n1. The van der Waals surface area contributed by atoms with Crippen molar-refractivity contribution in [1.29, 1.82) is 0 Å². The van der Waals surface area contributed by atoms with Crippen LogP contribution in [0.3, 0.4) is 0 Å². The zero-order valence-electron chi connectivity index (χ0n) is 14.9.